The van der Waals surface area contributed by atoms with Crippen LogP contribution in [0.15, 0.2) is 42.7 Å². The normalized spacial score (nSPS) is 9.88. The van der Waals surface area contributed by atoms with Gasteiger partial charge >= 0.3 is 0 Å². The Hall–Kier alpha value is -2.56. The molecule has 0 aliphatic rings. The van der Waals surface area contributed by atoms with Gasteiger partial charge in [-0.15, -0.1) is 0 Å². The van der Waals surface area contributed by atoms with Crippen molar-refractivity contribution in [2.75, 3.05) is 5.32 Å². The van der Waals surface area contributed by atoms with E-state index in [4.69, 9.17) is 5.73 Å². The minimum atomic E-state index is -0.574. The molecule has 5 nitrogen and oxygen atoms in total. The van der Waals surface area contributed by atoms with E-state index in [0.717, 1.165) is 0 Å². The third-order valence-electron chi connectivity index (χ3n) is 2.30. The molecule has 0 saturated heterocycles. The van der Waals surface area contributed by atoms with Crippen molar-refractivity contribution in [1.29, 1.82) is 0 Å². The smallest absolute Gasteiger partial charge is 0.257 e. The average Bonchev–Trinajstić information content (AvgIpc) is 2.83. The fourth-order valence-electron chi connectivity index (χ4n) is 1.47. The molecule has 0 atom stereocenters. The molecule has 2 rings (SSSR count). The monoisotopic (exact) mass is 229 g/mol. The summed E-state index contributed by atoms with van der Waals surface area (Å²) in [6.45, 7) is 0. The molecule has 86 valence electrons. The third-order valence-corrected chi connectivity index (χ3v) is 2.30. The van der Waals surface area contributed by atoms with Crippen molar-refractivity contribution in [3.05, 3.63) is 53.9 Å². The van der Waals surface area contributed by atoms with Gasteiger partial charge in [0.05, 0.1) is 16.8 Å². The maximum absolute atomic E-state index is 11.8. The lowest BCUT2D eigenvalue weighted by Gasteiger charge is -2.07. The number of primary amides is 1. The number of hydrogen-bond acceptors (Lipinski definition) is 2. The van der Waals surface area contributed by atoms with Crippen molar-refractivity contribution < 1.29 is 9.59 Å². The highest BCUT2D eigenvalue weighted by molar-refractivity contribution is 6.08. The van der Waals surface area contributed by atoms with Crippen LogP contribution in [0.3, 0.4) is 0 Å². The van der Waals surface area contributed by atoms with Gasteiger partial charge in [-0.05, 0) is 18.2 Å². The zero-order valence-electron chi connectivity index (χ0n) is 8.94. The molecular weight excluding hydrogens is 218 g/mol. The molecule has 0 aliphatic heterocycles. The first-order chi connectivity index (χ1) is 8.18. The molecule has 0 spiro atoms. The molecule has 0 aliphatic carbocycles. The van der Waals surface area contributed by atoms with E-state index in [1.165, 1.54) is 0 Å². The van der Waals surface area contributed by atoms with Crippen LogP contribution in [0, 0.1) is 0 Å². The summed E-state index contributed by atoms with van der Waals surface area (Å²) in [5.74, 6) is -0.866. The van der Waals surface area contributed by atoms with E-state index in [-0.39, 0.29) is 11.5 Å². The summed E-state index contributed by atoms with van der Waals surface area (Å²) >= 11 is 0. The van der Waals surface area contributed by atoms with Gasteiger partial charge in [-0.3, -0.25) is 9.59 Å². The second-order valence-electron chi connectivity index (χ2n) is 3.46. The van der Waals surface area contributed by atoms with Crippen LogP contribution in [0.25, 0.3) is 0 Å². The van der Waals surface area contributed by atoms with E-state index in [1.54, 1.807) is 42.7 Å². The van der Waals surface area contributed by atoms with E-state index in [1.807, 2.05) is 0 Å². The molecule has 17 heavy (non-hydrogen) atoms. The number of nitrogens with two attached hydrogens (primary N) is 1. The number of hydrogen-bond donors (Lipinski definition) is 3. The fraction of sp³-hybridized carbons (Fsp3) is 0. The Morgan fingerprint density at radius 1 is 1.18 bits per heavy atom. The average molecular weight is 229 g/mol. The highest BCUT2D eigenvalue weighted by Crippen LogP contribution is 2.15. The number of H-pyrrole nitrogens is 1. The minimum absolute atomic E-state index is 0.288. The second-order valence-corrected chi connectivity index (χ2v) is 3.46. The number of nitrogens with one attached hydrogen (secondary N) is 2. The first kappa shape index (κ1) is 10.9. The lowest BCUT2D eigenvalue weighted by Crippen LogP contribution is -2.17. The number of rotatable bonds is 3. The third kappa shape index (κ3) is 2.34. The largest absolute Gasteiger partial charge is 0.367 e. The molecule has 2 amide bonds. The zero-order chi connectivity index (χ0) is 12.3. The molecule has 2 aromatic rings. The molecule has 0 unspecified atom stereocenters. The van der Waals surface area contributed by atoms with Gasteiger partial charge in [-0.1, -0.05) is 12.1 Å². The van der Waals surface area contributed by atoms with Gasteiger partial charge < -0.3 is 16.0 Å². The van der Waals surface area contributed by atoms with Crippen LogP contribution < -0.4 is 11.1 Å². The SMILES string of the molecule is NC(=O)c1ccccc1NC(=O)c1cc[nH]c1. The molecule has 4 N–H and O–H groups in total. The topological polar surface area (TPSA) is 88.0 Å². The van der Waals surface area contributed by atoms with Crippen LogP contribution in [0.2, 0.25) is 0 Å². The predicted octanol–water partition coefficient (Wildman–Crippen LogP) is 1.37. The van der Waals surface area contributed by atoms with Crippen molar-refractivity contribution in [3.63, 3.8) is 0 Å². The van der Waals surface area contributed by atoms with E-state index < -0.39 is 5.91 Å². The van der Waals surface area contributed by atoms with E-state index in [0.29, 0.717) is 11.3 Å². The summed E-state index contributed by atoms with van der Waals surface area (Å²) < 4.78 is 0. The Morgan fingerprint density at radius 3 is 2.59 bits per heavy atom. The van der Waals surface area contributed by atoms with Gasteiger partial charge in [0.15, 0.2) is 0 Å². The summed E-state index contributed by atoms with van der Waals surface area (Å²) in [5.41, 5.74) is 6.40. The van der Waals surface area contributed by atoms with Gasteiger partial charge in [0.25, 0.3) is 11.8 Å². The van der Waals surface area contributed by atoms with E-state index in [2.05, 4.69) is 10.3 Å². The van der Waals surface area contributed by atoms with Gasteiger partial charge in [0.1, 0.15) is 0 Å². The van der Waals surface area contributed by atoms with Crippen LogP contribution in [-0.4, -0.2) is 16.8 Å². The molecule has 0 fully saturated rings. The lowest BCUT2D eigenvalue weighted by atomic mass is 10.1. The van der Waals surface area contributed by atoms with E-state index in [9.17, 15) is 9.59 Å². The molecule has 0 saturated carbocycles. The highest BCUT2D eigenvalue weighted by Gasteiger charge is 2.11. The highest BCUT2D eigenvalue weighted by atomic mass is 16.2. The van der Waals surface area contributed by atoms with Crippen LogP contribution in [0.4, 0.5) is 5.69 Å². The molecular formula is C12H11N3O2. The molecule has 1 aromatic heterocycles. The molecule has 1 aromatic carbocycles. The fourth-order valence-corrected chi connectivity index (χ4v) is 1.47. The number of benzene rings is 1. The van der Waals surface area contributed by atoms with Crippen LogP contribution in [0.5, 0.6) is 0 Å². The minimum Gasteiger partial charge on any atom is -0.367 e. The summed E-state index contributed by atoms with van der Waals surface area (Å²) in [4.78, 5) is 25.7. The quantitative estimate of drug-likeness (QED) is 0.742. The Bertz CT molecular complexity index is 547. The van der Waals surface area contributed by atoms with Crippen molar-refractivity contribution >= 4 is 17.5 Å². The second kappa shape index (κ2) is 4.52. The number of anilines is 1. The Morgan fingerprint density at radius 2 is 1.94 bits per heavy atom. The predicted molar refractivity (Wildman–Crippen MR) is 63.7 cm³/mol. The first-order valence-corrected chi connectivity index (χ1v) is 5.01. The lowest BCUT2D eigenvalue weighted by molar-refractivity contribution is 0.100. The van der Waals surface area contributed by atoms with Crippen LogP contribution >= 0.6 is 0 Å². The summed E-state index contributed by atoms with van der Waals surface area (Å²) in [7, 11) is 0. The van der Waals surface area contributed by atoms with Crippen molar-refractivity contribution in [1.82, 2.24) is 4.98 Å². The number of para-hydroxylation sites is 1. The number of carbonyl (C=O) groups is 2. The standard InChI is InChI=1S/C12H11N3O2/c13-11(16)9-3-1-2-4-10(9)15-12(17)8-5-6-14-7-8/h1-7,14H,(H2,13,16)(H,15,17). The van der Waals surface area contributed by atoms with Gasteiger partial charge in [-0.2, -0.15) is 0 Å². The number of aromatic amines is 1. The molecule has 0 radical (unpaired) electrons. The number of aromatic nitrogens is 1. The van der Waals surface area contributed by atoms with Gasteiger partial charge in [0.2, 0.25) is 0 Å². The van der Waals surface area contributed by atoms with Crippen molar-refractivity contribution in [3.8, 4) is 0 Å². The Balaban J connectivity index is 2.25. The summed E-state index contributed by atoms with van der Waals surface area (Å²) in [5, 5.41) is 2.63. The maximum atomic E-state index is 11.8. The molecule has 0 bridgehead atoms. The van der Waals surface area contributed by atoms with Gasteiger partial charge in [-0.25, -0.2) is 0 Å². The molecule has 5 heteroatoms. The van der Waals surface area contributed by atoms with E-state index >= 15 is 0 Å². The zero-order valence-corrected chi connectivity index (χ0v) is 8.94. The Kier molecular flexibility index (Phi) is 2.91. The number of amides is 2. The summed E-state index contributed by atoms with van der Waals surface area (Å²) in [6, 6.07) is 8.24. The van der Waals surface area contributed by atoms with Crippen molar-refractivity contribution in [2.45, 2.75) is 0 Å². The van der Waals surface area contributed by atoms with Crippen LogP contribution in [-0.2, 0) is 0 Å². The maximum Gasteiger partial charge on any atom is 0.257 e. The van der Waals surface area contributed by atoms with Crippen molar-refractivity contribution in [2.24, 2.45) is 5.73 Å². The van der Waals surface area contributed by atoms with Crippen LogP contribution in [0.1, 0.15) is 20.7 Å². The Labute approximate surface area is 97.6 Å². The first-order valence-electron chi connectivity index (χ1n) is 5.01. The summed E-state index contributed by atoms with van der Waals surface area (Å²) in [6.07, 6.45) is 3.22. The molecule has 1 heterocycles. The number of carbonyl (C=O) groups excluding carboxylic acids is 2. The van der Waals surface area contributed by atoms with Gasteiger partial charge in [0, 0.05) is 12.4 Å².